The van der Waals surface area contributed by atoms with Gasteiger partial charge in [-0.15, -0.1) is 6.58 Å². The molecule has 0 N–H and O–H groups in total. The van der Waals surface area contributed by atoms with E-state index in [4.69, 9.17) is 20.9 Å². The van der Waals surface area contributed by atoms with Crippen LogP contribution in [0.4, 0.5) is 5.69 Å². The lowest BCUT2D eigenvalue weighted by Crippen LogP contribution is -2.31. The first-order valence-electron chi connectivity index (χ1n) is 8.90. The molecule has 0 saturated carbocycles. The summed E-state index contributed by atoms with van der Waals surface area (Å²) in [6, 6.07) is 13.7. The highest BCUT2D eigenvalue weighted by Crippen LogP contribution is 2.26. The summed E-state index contributed by atoms with van der Waals surface area (Å²) in [5.74, 6) is -0.285. The SMILES string of the molecule is C=CCN(c1ccc(Cl)cc1)S(=O)(=O)c1cccc(C(=O)OCc2cc(C)no2)c1. The molecular weight excluding hydrogens is 428 g/mol. The molecule has 2 aromatic carbocycles. The summed E-state index contributed by atoms with van der Waals surface area (Å²) in [6.07, 6.45) is 1.48. The van der Waals surface area contributed by atoms with Crippen molar-refractivity contribution in [3.8, 4) is 0 Å². The van der Waals surface area contributed by atoms with Gasteiger partial charge >= 0.3 is 5.97 Å². The number of aryl methyl sites for hydroxylation is 1. The average Bonchev–Trinajstić information content (AvgIpc) is 3.16. The Morgan fingerprint density at radius 1 is 1.23 bits per heavy atom. The molecule has 0 aliphatic rings. The fraction of sp³-hybridized carbons (Fsp3) is 0.143. The highest BCUT2D eigenvalue weighted by Gasteiger charge is 2.25. The molecule has 0 radical (unpaired) electrons. The molecule has 156 valence electrons. The number of aromatic nitrogens is 1. The van der Waals surface area contributed by atoms with E-state index >= 15 is 0 Å². The summed E-state index contributed by atoms with van der Waals surface area (Å²) >= 11 is 5.91. The molecule has 0 spiro atoms. The topological polar surface area (TPSA) is 89.7 Å². The molecule has 0 saturated heterocycles. The molecular formula is C21H19ClN2O5S. The quantitative estimate of drug-likeness (QED) is 0.377. The summed E-state index contributed by atoms with van der Waals surface area (Å²) in [7, 11) is -3.97. The van der Waals surface area contributed by atoms with Gasteiger partial charge in [-0.05, 0) is 49.4 Å². The van der Waals surface area contributed by atoms with Crippen LogP contribution in [0.15, 0.2) is 76.7 Å². The van der Waals surface area contributed by atoms with Gasteiger partial charge in [-0.1, -0.05) is 28.9 Å². The first kappa shape index (κ1) is 21.6. The maximum atomic E-state index is 13.2. The molecule has 0 unspecified atom stereocenters. The maximum absolute atomic E-state index is 13.2. The number of halogens is 1. The Morgan fingerprint density at radius 3 is 2.60 bits per heavy atom. The van der Waals surface area contributed by atoms with Crippen LogP contribution in [-0.2, 0) is 21.4 Å². The number of carbonyl (C=O) groups excluding carboxylic acids is 1. The largest absolute Gasteiger partial charge is 0.454 e. The Kier molecular flexibility index (Phi) is 6.59. The highest BCUT2D eigenvalue weighted by atomic mass is 35.5. The summed E-state index contributed by atoms with van der Waals surface area (Å²) in [6.45, 7) is 5.32. The third kappa shape index (κ3) is 4.90. The molecule has 1 heterocycles. The minimum atomic E-state index is -3.97. The lowest BCUT2D eigenvalue weighted by atomic mass is 10.2. The second kappa shape index (κ2) is 9.15. The van der Waals surface area contributed by atoms with Crippen molar-refractivity contribution in [1.82, 2.24) is 5.16 Å². The second-order valence-electron chi connectivity index (χ2n) is 6.34. The van der Waals surface area contributed by atoms with Gasteiger partial charge < -0.3 is 9.26 Å². The van der Waals surface area contributed by atoms with Crippen LogP contribution in [0, 0.1) is 6.92 Å². The Bertz CT molecular complexity index is 1160. The molecule has 1 aromatic heterocycles. The van der Waals surface area contributed by atoms with E-state index in [-0.39, 0.29) is 23.6 Å². The lowest BCUT2D eigenvalue weighted by Gasteiger charge is -2.23. The van der Waals surface area contributed by atoms with Gasteiger partial charge in [0, 0.05) is 11.1 Å². The van der Waals surface area contributed by atoms with E-state index in [0.29, 0.717) is 22.2 Å². The van der Waals surface area contributed by atoms with Gasteiger partial charge in [-0.3, -0.25) is 4.31 Å². The summed E-state index contributed by atoms with van der Waals surface area (Å²) in [4.78, 5) is 12.3. The Morgan fingerprint density at radius 2 is 1.97 bits per heavy atom. The number of nitrogens with zero attached hydrogens (tertiary/aromatic N) is 2. The predicted octanol–water partition coefficient (Wildman–Crippen LogP) is 4.37. The number of benzene rings is 2. The Balaban J connectivity index is 1.85. The molecule has 0 aliphatic heterocycles. The van der Waals surface area contributed by atoms with Gasteiger partial charge in [0.05, 0.1) is 28.4 Å². The second-order valence-corrected chi connectivity index (χ2v) is 8.64. The van der Waals surface area contributed by atoms with Crippen LogP contribution >= 0.6 is 11.6 Å². The standard InChI is InChI=1S/C21H19ClN2O5S/c1-3-11-24(18-9-7-17(22)8-10-18)30(26,27)20-6-4-5-16(13-20)21(25)28-14-19-12-15(2)23-29-19/h3-10,12-13H,1,11,14H2,2H3. The number of ether oxygens (including phenoxy) is 1. The van der Waals surface area contributed by atoms with Crippen molar-refractivity contribution in [3.63, 3.8) is 0 Å². The van der Waals surface area contributed by atoms with Crippen molar-refractivity contribution in [3.05, 3.63) is 89.3 Å². The fourth-order valence-electron chi connectivity index (χ4n) is 2.68. The van der Waals surface area contributed by atoms with Crippen molar-refractivity contribution < 1.29 is 22.5 Å². The van der Waals surface area contributed by atoms with E-state index in [2.05, 4.69) is 11.7 Å². The van der Waals surface area contributed by atoms with Gasteiger partial charge in [0.25, 0.3) is 10.0 Å². The van der Waals surface area contributed by atoms with E-state index < -0.39 is 16.0 Å². The van der Waals surface area contributed by atoms with Gasteiger partial charge in [0.1, 0.15) is 0 Å². The van der Waals surface area contributed by atoms with Crippen LogP contribution < -0.4 is 4.31 Å². The Hall–Kier alpha value is -3.10. The van der Waals surface area contributed by atoms with Crippen molar-refractivity contribution >= 4 is 33.3 Å². The minimum Gasteiger partial charge on any atom is -0.454 e. The third-order valence-electron chi connectivity index (χ3n) is 4.09. The van der Waals surface area contributed by atoms with Gasteiger partial charge in [0.2, 0.25) is 0 Å². The molecule has 0 bridgehead atoms. The van der Waals surface area contributed by atoms with Gasteiger partial charge in [-0.25, -0.2) is 13.2 Å². The Labute approximate surface area is 179 Å². The summed E-state index contributed by atoms with van der Waals surface area (Å²) < 4.78 is 37.8. The lowest BCUT2D eigenvalue weighted by molar-refractivity contribution is 0.0437. The number of anilines is 1. The van der Waals surface area contributed by atoms with E-state index in [0.717, 1.165) is 0 Å². The molecule has 9 heteroatoms. The van der Waals surface area contributed by atoms with Gasteiger partial charge in [0.15, 0.2) is 12.4 Å². The number of hydrogen-bond donors (Lipinski definition) is 0. The number of carbonyl (C=O) groups is 1. The highest BCUT2D eigenvalue weighted by molar-refractivity contribution is 7.92. The zero-order chi connectivity index (χ0) is 21.7. The van der Waals surface area contributed by atoms with E-state index in [9.17, 15) is 13.2 Å². The van der Waals surface area contributed by atoms with E-state index in [1.165, 1.54) is 34.6 Å². The van der Waals surface area contributed by atoms with Gasteiger partial charge in [-0.2, -0.15) is 0 Å². The number of sulfonamides is 1. The van der Waals surface area contributed by atoms with Crippen LogP contribution in [0.1, 0.15) is 21.8 Å². The molecule has 0 fully saturated rings. The third-order valence-corrected chi connectivity index (χ3v) is 6.13. The van der Waals surface area contributed by atoms with Crippen LogP contribution in [0.3, 0.4) is 0 Å². The van der Waals surface area contributed by atoms with Crippen molar-refractivity contribution in [2.45, 2.75) is 18.4 Å². The smallest absolute Gasteiger partial charge is 0.338 e. The predicted molar refractivity (Wildman–Crippen MR) is 113 cm³/mol. The minimum absolute atomic E-state index is 0.0451. The van der Waals surface area contributed by atoms with Crippen molar-refractivity contribution in [2.75, 3.05) is 10.8 Å². The molecule has 3 aromatic rings. The zero-order valence-corrected chi connectivity index (χ0v) is 17.7. The summed E-state index contributed by atoms with van der Waals surface area (Å²) in [5, 5.41) is 4.20. The number of rotatable bonds is 8. The van der Waals surface area contributed by atoms with E-state index in [1.54, 1.807) is 37.3 Å². The zero-order valence-electron chi connectivity index (χ0n) is 16.1. The van der Waals surface area contributed by atoms with Crippen LogP contribution in [0.5, 0.6) is 0 Å². The van der Waals surface area contributed by atoms with E-state index in [1.807, 2.05) is 0 Å². The molecule has 0 amide bonds. The number of esters is 1. The normalized spacial score (nSPS) is 11.1. The summed E-state index contributed by atoms with van der Waals surface area (Å²) in [5.41, 5.74) is 1.19. The first-order valence-corrected chi connectivity index (χ1v) is 10.7. The molecule has 0 aliphatic carbocycles. The average molecular weight is 447 g/mol. The molecule has 7 nitrogen and oxygen atoms in total. The van der Waals surface area contributed by atoms with Crippen LogP contribution in [0.2, 0.25) is 5.02 Å². The van der Waals surface area contributed by atoms with Crippen molar-refractivity contribution in [1.29, 1.82) is 0 Å². The first-order chi connectivity index (χ1) is 14.3. The monoisotopic (exact) mass is 446 g/mol. The fourth-order valence-corrected chi connectivity index (χ4v) is 4.29. The molecule has 0 atom stereocenters. The molecule has 30 heavy (non-hydrogen) atoms. The number of hydrogen-bond acceptors (Lipinski definition) is 6. The molecule has 3 rings (SSSR count). The van der Waals surface area contributed by atoms with Crippen LogP contribution in [-0.4, -0.2) is 26.1 Å². The maximum Gasteiger partial charge on any atom is 0.338 e. The van der Waals surface area contributed by atoms with Crippen molar-refractivity contribution in [2.24, 2.45) is 0 Å². The van der Waals surface area contributed by atoms with Crippen LogP contribution in [0.25, 0.3) is 0 Å².